The minimum absolute atomic E-state index is 0.225. The maximum atomic E-state index is 12.2. The second kappa shape index (κ2) is 7.81. The van der Waals surface area contributed by atoms with Gasteiger partial charge in [-0.05, 0) is 35.9 Å². The van der Waals surface area contributed by atoms with Gasteiger partial charge < -0.3 is 5.32 Å². The average molecular weight is 352 g/mol. The first kappa shape index (κ1) is 17.0. The summed E-state index contributed by atoms with van der Waals surface area (Å²) in [6, 6.07) is 21.0. The minimum Gasteiger partial charge on any atom is -0.374 e. The number of carbonyl (C=O) groups is 1. The molecule has 2 N–H and O–H groups in total. The fraction of sp³-hybridized carbons (Fsp3) is 0.100. The van der Waals surface area contributed by atoms with Crippen molar-refractivity contribution >= 4 is 40.2 Å². The second-order valence-corrected chi connectivity index (χ2v) is 6.09. The monoisotopic (exact) mass is 351 g/mol. The molecule has 126 valence electrons. The number of anilines is 1. The first-order valence-corrected chi connectivity index (χ1v) is 8.34. The molecular formula is C20H18ClN3O. The Bertz CT molecular complexity index is 923. The number of halogens is 1. The van der Waals surface area contributed by atoms with Gasteiger partial charge in [-0.1, -0.05) is 60.1 Å². The summed E-state index contributed by atoms with van der Waals surface area (Å²) in [6.45, 7) is 1.79. The van der Waals surface area contributed by atoms with E-state index >= 15 is 0 Å². The van der Waals surface area contributed by atoms with Crippen molar-refractivity contribution in [3.8, 4) is 0 Å². The number of hydrogen-bond acceptors (Lipinski definition) is 3. The number of nitrogens with one attached hydrogen (secondary N) is 2. The number of nitrogens with zero attached hydrogens (tertiary/aromatic N) is 1. The Morgan fingerprint density at radius 2 is 1.76 bits per heavy atom. The molecule has 3 aromatic carbocycles. The van der Waals surface area contributed by atoms with Crippen molar-refractivity contribution in [2.45, 2.75) is 13.0 Å². The van der Waals surface area contributed by atoms with Crippen molar-refractivity contribution in [1.29, 1.82) is 0 Å². The number of amides is 1. The number of carbonyl (C=O) groups excluding carboxylic acids is 1. The van der Waals surface area contributed by atoms with Crippen LogP contribution in [0, 0.1) is 0 Å². The standard InChI is InChI=1S/C20H18ClN3O/c1-14(20(25)24-22-13-17-8-4-5-9-19(17)21)23-18-11-10-15-6-2-3-7-16(15)12-18/h2-14,23H,1H3,(H,24,25). The first-order chi connectivity index (χ1) is 12.1. The summed E-state index contributed by atoms with van der Waals surface area (Å²) in [5.74, 6) is -0.225. The molecule has 0 aliphatic carbocycles. The molecule has 25 heavy (non-hydrogen) atoms. The van der Waals surface area contributed by atoms with E-state index in [9.17, 15) is 4.79 Å². The summed E-state index contributed by atoms with van der Waals surface area (Å²) in [5, 5.41) is 10.0. The zero-order valence-electron chi connectivity index (χ0n) is 13.7. The fourth-order valence-corrected chi connectivity index (χ4v) is 2.62. The molecule has 0 aliphatic rings. The van der Waals surface area contributed by atoms with E-state index in [1.807, 2.05) is 54.6 Å². The zero-order chi connectivity index (χ0) is 17.6. The van der Waals surface area contributed by atoms with E-state index in [0.717, 1.165) is 22.0 Å². The van der Waals surface area contributed by atoms with Gasteiger partial charge in [-0.3, -0.25) is 4.79 Å². The highest BCUT2D eigenvalue weighted by atomic mass is 35.5. The molecule has 0 spiro atoms. The highest BCUT2D eigenvalue weighted by Crippen LogP contribution is 2.19. The normalized spacial score (nSPS) is 12.2. The molecule has 3 rings (SSSR count). The van der Waals surface area contributed by atoms with Gasteiger partial charge in [0, 0.05) is 16.3 Å². The van der Waals surface area contributed by atoms with Crippen LogP contribution in [0.15, 0.2) is 71.8 Å². The molecular weight excluding hydrogens is 334 g/mol. The number of benzene rings is 3. The van der Waals surface area contributed by atoms with Crippen LogP contribution in [0.4, 0.5) is 5.69 Å². The minimum atomic E-state index is -0.426. The van der Waals surface area contributed by atoms with Crippen molar-refractivity contribution in [3.05, 3.63) is 77.3 Å². The van der Waals surface area contributed by atoms with Gasteiger partial charge in [-0.15, -0.1) is 0 Å². The summed E-state index contributed by atoms with van der Waals surface area (Å²) < 4.78 is 0. The summed E-state index contributed by atoms with van der Waals surface area (Å²) >= 11 is 6.04. The second-order valence-electron chi connectivity index (χ2n) is 5.68. The van der Waals surface area contributed by atoms with E-state index in [-0.39, 0.29) is 5.91 Å². The van der Waals surface area contributed by atoms with Crippen molar-refractivity contribution < 1.29 is 4.79 Å². The summed E-state index contributed by atoms with van der Waals surface area (Å²) in [6.07, 6.45) is 1.53. The molecule has 0 saturated heterocycles. The van der Waals surface area contributed by atoms with E-state index in [1.54, 1.807) is 13.0 Å². The van der Waals surface area contributed by atoms with Gasteiger partial charge in [0.2, 0.25) is 0 Å². The number of hydrazone groups is 1. The first-order valence-electron chi connectivity index (χ1n) is 7.96. The highest BCUT2D eigenvalue weighted by Gasteiger charge is 2.11. The molecule has 1 amide bonds. The average Bonchev–Trinajstić information content (AvgIpc) is 2.63. The number of fused-ring (bicyclic) bond motifs is 1. The van der Waals surface area contributed by atoms with E-state index < -0.39 is 6.04 Å². The number of hydrogen-bond donors (Lipinski definition) is 2. The molecule has 5 heteroatoms. The van der Waals surface area contributed by atoms with Crippen LogP contribution in [0.25, 0.3) is 10.8 Å². The number of rotatable bonds is 5. The van der Waals surface area contributed by atoms with Crippen LogP contribution < -0.4 is 10.7 Å². The molecule has 0 radical (unpaired) electrons. The third-order valence-electron chi connectivity index (χ3n) is 3.81. The Morgan fingerprint density at radius 3 is 2.56 bits per heavy atom. The Kier molecular flexibility index (Phi) is 5.31. The molecule has 4 nitrogen and oxygen atoms in total. The van der Waals surface area contributed by atoms with E-state index in [0.29, 0.717) is 5.02 Å². The third-order valence-corrected chi connectivity index (χ3v) is 4.15. The third kappa shape index (κ3) is 4.37. The summed E-state index contributed by atoms with van der Waals surface area (Å²) in [5.41, 5.74) is 4.16. The van der Waals surface area contributed by atoms with Crippen LogP contribution in [0.2, 0.25) is 5.02 Å². The predicted octanol–water partition coefficient (Wildman–Crippen LogP) is 4.44. The van der Waals surface area contributed by atoms with Crippen LogP contribution >= 0.6 is 11.6 Å². The quantitative estimate of drug-likeness (QED) is 0.527. The molecule has 3 aromatic rings. The maximum absolute atomic E-state index is 12.2. The Morgan fingerprint density at radius 1 is 1.04 bits per heavy atom. The molecule has 0 fully saturated rings. The van der Waals surface area contributed by atoms with Gasteiger partial charge in [-0.25, -0.2) is 5.43 Å². The van der Waals surface area contributed by atoms with Crippen LogP contribution in [0.5, 0.6) is 0 Å². The van der Waals surface area contributed by atoms with Crippen molar-refractivity contribution in [2.24, 2.45) is 5.10 Å². The Hall–Kier alpha value is -2.85. The lowest BCUT2D eigenvalue weighted by Crippen LogP contribution is -2.34. The molecule has 0 aromatic heterocycles. The molecule has 0 bridgehead atoms. The van der Waals surface area contributed by atoms with Gasteiger partial charge in [0.1, 0.15) is 6.04 Å². The molecule has 0 aliphatic heterocycles. The summed E-state index contributed by atoms with van der Waals surface area (Å²) in [7, 11) is 0. The lowest BCUT2D eigenvalue weighted by Gasteiger charge is -2.14. The summed E-state index contributed by atoms with van der Waals surface area (Å²) in [4.78, 5) is 12.2. The molecule has 1 unspecified atom stereocenters. The SMILES string of the molecule is CC(Nc1ccc2ccccc2c1)C(=O)NN=Cc1ccccc1Cl. The van der Waals surface area contributed by atoms with Crippen molar-refractivity contribution in [1.82, 2.24) is 5.43 Å². The van der Waals surface area contributed by atoms with Crippen LogP contribution in [-0.4, -0.2) is 18.2 Å². The van der Waals surface area contributed by atoms with E-state index in [2.05, 4.69) is 21.9 Å². The zero-order valence-corrected chi connectivity index (χ0v) is 14.5. The largest absolute Gasteiger partial charge is 0.374 e. The molecule has 1 atom stereocenters. The smallest absolute Gasteiger partial charge is 0.262 e. The van der Waals surface area contributed by atoms with Gasteiger partial charge in [-0.2, -0.15) is 5.10 Å². The predicted molar refractivity (Wildman–Crippen MR) is 104 cm³/mol. The van der Waals surface area contributed by atoms with Gasteiger partial charge in [0.25, 0.3) is 5.91 Å². The van der Waals surface area contributed by atoms with Crippen LogP contribution in [0.1, 0.15) is 12.5 Å². The van der Waals surface area contributed by atoms with E-state index in [4.69, 9.17) is 11.6 Å². The van der Waals surface area contributed by atoms with Crippen molar-refractivity contribution in [2.75, 3.05) is 5.32 Å². The Labute approximate surface area is 151 Å². The van der Waals surface area contributed by atoms with Gasteiger partial charge in [0.15, 0.2) is 0 Å². The van der Waals surface area contributed by atoms with E-state index in [1.165, 1.54) is 6.21 Å². The van der Waals surface area contributed by atoms with Gasteiger partial charge in [0.05, 0.1) is 6.21 Å². The van der Waals surface area contributed by atoms with Crippen molar-refractivity contribution in [3.63, 3.8) is 0 Å². The molecule has 0 heterocycles. The van der Waals surface area contributed by atoms with Gasteiger partial charge >= 0.3 is 0 Å². The molecule has 0 saturated carbocycles. The lowest BCUT2D eigenvalue weighted by molar-refractivity contribution is -0.121. The topological polar surface area (TPSA) is 53.5 Å². The van der Waals surface area contributed by atoms with Crippen LogP contribution in [0.3, 0.4) is 0 Å². The fourth-order valence-electron chi connectivity index (χ4n) is 2.44. The van der Waals surface area contributed by atoms with Crippen LogP contribution in [-0.2, 0) is 4.79 Å². The Balaban J connectivity index is 1.61. The highest BCUT2D eigenvalue weighted by molar-refractivity contribution is 6.33. The lowest BCUT2D eigenvalue weighted by atomic mass is 10.1. The maximum Gasteiger partial charge on any atom is 0.262 e.